The zero-order chi connectivity index (χ0) is 13.8. The van der Waals surface area contributed by atoms with E-state index in [1.807, 2.05) is 25.1 Å². The van der Waals surface area contributed by atoms with Crippen molar-refractivity contribution in [3.63, 3.8) is 0 Å². The lowest BCUT2D eigenvalue weighted by Crippen LogP contribution is -2.27. The zero-order valence-electron chi connectivity index (χ0n) is 11.1. The number of nitrogens with one attached hydrogen (secondary N) is 2. The number of Topliss-reactive ketones (excluding diaryl/α,β-unsaturated/α-hetero) is 1. The molecule has 100 valence electrons. The predicted molar refractivity (Wildman–Crippen MR) is 72.8 cm³/mol. The van der Waals surface area contributed by atoms with Crippen LogP contribution in [0.3, 0.4) is 0 Å². The Bertz CT molecular complexity index is 616. The van der Waals surface area contributed by atoms with E-state index in [0.29, 0.717) is 6.54 Å². The van der Waals surface area contributed by atoms with Gasteiger partial charge in [-0.25, -0.2) is 4.98 Å². The van der Waals surface area contributed by atoms with Gasteiger partial charge in [0.1, 0.15) is 11.6 Å². The van der Waals surface area contributed by atoms with Crippen LogP contribution in [0, 0.1) is 6.92 Å². The molecule has 2 N–H and O–H groups in total. The maximum absolute atomic E-state index is 11.3. The molecule has 0 bridgehead atoms. The molecule has 2 rings (SSSR count). The summed E-state index contributed by atoms with van der Waals surface area (Å²) >= 11 is 0. The minimum absolute atomic E-state index is 0.0429. The van der Waals surface area contributed by atoms with E-state index in [4.69, 9.17) is 0 Å². The van der Waals surface area contributed by atoms with E-state index in [-0.39, 0.29) is 18.1 Å². The number of fused-ring (bicyclic) bond motifs is 1. The normalized spacial score (nSPS) is 10.6. The van der Waals surface area contributed by atoms with Gasteiger partial charge in [0, 0.05) is 6.54 Å². The molecule has 0 saturated carbocycles. The first-order valence-corrected chi connectivity index (χ1v) is 6.26. The van der Waals surface area contributed by atoms with Gasteiger partial charge in [-0.05, 0) is 38.0 Å². The van der Waals surface area contributed by atoms with Crippen molar-refractivity contribution in [3.05, 3.63) is 29.6 Å². The van der Waals surface area contributed by atoms with Gasteiger partial charge < -0.3 is 10.3 Å². The molecule has 0 aliphatic carbocycles. The number of rotatable bonds is 5. The number of carbonyl (C=O) groups is 2. The van der Waals surface area contributed by atoms with Crippen LogP contribution in [0.15, 0.2) is 18.2 Å². The van der Waals surface area contributed by atoms with Crippen LogP contribution in [0.2, 0.25) is 0 Å². The van der Waals surface area contributed by atoms with Crippen molar-refractivity contribution in [3.8, 4) is 0 Å². The minimum atomic E-state index is -0.217. The van der Waals surface area contributed by atoms with Gasteiger partial charge in [0.25, 0.3) is 0 Å². The van der Waals surface area contributed by atoms with Crippen LogP contribution in [0.25, 0.3) is 11.0 Å². The van der Waals surface area contributed by atoms with E-state index in [2.05, 4.69) is 15.3 Å². The lowest BCUT2D eigenvalue weighted by molar-refractivity contribution is -0.127. The molecule has 5 nitrogen and oxygen atoms in total. The molecular weight excluding hydrogens is 242 g/mol. The maximum atomic E-state index is 11.3. The number of aromatic amines is 1. The molecule has 0 fully saturated rings. The molecule has 0 radical (unpaired) electrons. The fourth-order valence-corrected chi connectivity index (χ4v) is 1.97. The highest BCUT2D eigenvalue weighted by atomic mass is 16.2. The SMILES string of the molecule is CC(=O)CC(=O)NCCc1ccc2nc(C)[nH]c2c1. The van der Waals surface area contributed by atoms with Crippen molar-refractivity contribution in [2.24, 2.45) is 0 Å². The van der Waals surface area contributed by atoms with Gasteiger partial charge >= 0.3 is 0 Å². The number of ketones is 1. The minimum Gasteiger partial charge on any atom is -0.355 e. The van der Waals surface area contributed by atoms with Crippen LogP contribution in [0.5, 0.6) is 0 Å². The maximum Gasteiger partial charge on any atom is 0.227 e. The molecule has 5 heteroatoms. The van der Waals surface area contributed by atoms with Crippen molar-refractivity contribution in [2.75, 3.05) is 6.54 Å². The second kappa shape index (κ2) is 5.65. The van der Waals surface area contributed by atoms with Crippen molar-refractivity contribution >= 4 is 22.7 Å². The first kappa shape index (κ1) is 13.3. The highest BCUT2D eigenvalue weighted by molar-refractivity contribution is 5.96. The number of nitrogens with zero attached hydrogens (tertiary/aromatic N) is 1. The highest BCUT2D eigenvalue weighted by Crippen LogP contribution is 2.13. The third-order valence-corrected chi connectivity index (χ3v) is 2.81. The second-order valence-corrected chi connectivity index (χ2v) is 4.65. The molecular formula is C14H17N3O2. The highest BCUT2D eigenvalue weighted by Gasteiger charge is 2.05. The van der Waals surface area contributed by atoms with Gasteiger partial charge in [-0.3, -0.25) is 9.59 Å². The summed E-state index contributed by atoms with van der Waals surface area (Å²) in [6, 6.07) is 6.00. The van der Waals surface area contributed by atoms with Crippen LogP contribution < -0.4 is 5.32 Å². The number of benzene rings is 1. The Morgan fingerprint density at radius 1 is 1.37 bits per heavy atom. The fourth-order valence-electron chi connectivity index (χ4n) is 1.97. The van der Waals surface area contributed by atoms with Gasteiger partial charge in [-0.15, -0.1) is 0 Å². The quantitative estimate of drug-likeness (QED) is 0.799. The molecule has 0 spiro atoms. The molecule has 0 aliphatic rings. The Morgan fingerprint density at radius 2 is 2.16 bits per heavy atom. The van der Waals surface area contributed by atoms with Crippen LogP contribution in [-0.2, 0) is 16.0 Å². The summed E-state index contributed by atoms with van der Waals surface area (Å²) in [6.45, 7) is 3.86. The summed E-state index contributed by atoms with van der Waals surface area (Å²) in [6.07, 6.45) is 0.691. The fraction of sp³-hybridized carbons (Fsp3) is 0.357. The van der Waals surface area contributed by atoms with Crippen LogP contribution >= 0.6 is 0 Å². The van der Waals surface area contributed by atoms with Crippen molar-refractivity contribution in [1.82, 2.24) is 15.3 Å². The molecule has 19 heavy (non-hydrogen) atoms. The van der Waals surface area contributed by atoms with E-state index < -0.39 is 0 Å². The largest absolute Gasteiger partial charge is 0.355 e. The average Bonchev–Trinajstić information content (AvgIpc) is 2.67. The summed E-state index contributed by atoms with van der Waals surface area (Å²) in [5.41, 5.74) is 3.08. The van der Waals surface area contributed by atoms with Crippen LogP contribution in [0.4, 0.5) is 0 Å². The molecule has 1 aromatic carbocycles. The molecule has 1 amide bonds. The Morgan fingerprint density at radius 3 is 2.89 bits per heavy atom. The summed E-state index contributed by atoms with van der Waals surface area (Å²) in [7, 11) is 0. The van der Waals surface area contributed by atoms with Gasteiger partial charge in [-0.2, -0.15) is 0 Å². The number of hydrogen-bond acceptors (Lipinski definition) is 3. The topological polar surface area (TPSA) is 74.8 Å². The monoisotopic (exact) mass is 259 g/mol. The third-order valence-electron chi connectivity index (χ3n) is 2.81. The Labute approximate surface area is 111 Å². The lowest BCUT2D eigenvalue weighted by Gasteiger charge is -2.04. The summed E-state index contributed by atoms with van der Waals surface area (Å²) in [4.78, 5) is 29.6. The van der Waals surface area contributed by atoms with Crippen LogP contribution in [0.1, 0.15) is 24.7 Å². The Hall–Kier alpha value is -2.17. The number of amides is 1. The number of imidazole rings is 1. The molecule has 1 aromatic heterocycles. The summed E-state index contributed by atoms with van der Waals surface area (Å²) in [5.74, 6) is 0.555. The van der Waals surface area contributed by atoms with Gasteiger partial charge in [0.2, 0.25) is 5.91 Å². The molecule has 1 heterocycles. The summed E-state index contributed by atoms with van der Waals surface area (Å²) < 4.78 is 0. The number of hydrogen-bond donors (Lipinski definition) is 2. The molecule has 2 aromatic rings. The average molecular weight is 259 g/mol. The Balaban J connectivity index is 1.91. The van der Waals surface area contributed by atoms with Crippen molar-refractivity contribution in [1.29, 1.82) is 0 Å². The zero-order valence-corrected chi connectivity index (χ0v) is 11.1. The van der Waals surface area contributed by atoms with Crippen LogP contribution in [-0.4, -0.2) is 28.2 Å². The molecule has 0 saturated heterocycles. The molecule has 0 unspecified atom stereocenters. The lowest BCUT2D eigenvalue weighted by atomic mass is 10.1. The number of aryl methyl sites for hydroxylation is 1. The van der Waals surface area contributed by atoms with E-state index in [9.17, 15) is 9.59 Å². The molecule has 0 aliphatic heterocycles. The Kier molecular flexibility index (Phi) is 3.94. The van der Waals surface area contributed by atoms with E-state index >= 15 is 0 Å². The second-order valence-electron chi connectivity index (χ2n) is 4.65. The molecule has 0 atom stereocenters. The predicted octanol–water partition coefficient (Wildman–Crippen LogP) is 1.51. The number of carbonyl (C=O) groups excluding carboxylic acids is 2. The van der Waals surface area contributed by atoms with Crippen molar-refractivity contribution in [2.45, 2.75) is 26.7 Å². The smallest absolute Gasteiger partial charge is 0.227 e. The van der Waals surface area contributed by atoms with E-state index in [1.165, 1.54) is 6.92 Å². The number of H-pyrrole nitrogens is 1. The van der Waals surface area contributed by atoms with Gasteiger partial charge in [-0.1, -0.05) is 6.07 Å². The van der Waals surface area contributed by atoms with E-state index in [1.54, 1.807) is 0 Å². The summed E-state index contributed by atoms with van der Waals surface area (Å²) in [5, 5.41) is 2.73. The van der Waals surface area contributed by atoms with Crippen molar-refractivity contribution < 1.29 is 9.59 Å². The number of aromatic nitrogens is 2. The van der Waals surface area contributed by atoms with Gasteiger partial charge in [0.15, 0.2) is 0 Å². The third kappa shape index (κ3) is 3.64. The first-order valence-electron chi connectivity index (χ1n) is 6.26. The van der Waals surface area contributed by atoms with Gasteiger partial charge in [0.05, 0.1) is 17.5 Å². The standard InChI is InChI=1S/C14H17N3O2/c1-9(18)7-14(19)15-6-5-11-3-4-12-13(8-11)17-10(2)16-12/h3-4,8H,5-7H2,1-2H3,(H,15,19)(H,16,17). The van der Waals surface area contributed by atoms with E-state index in [0.717, 1.165) is 28.8 Å². The first-order chi connectivity index (χ1) is 9.04.